The second-order valence-electron chi connectivity index (χ2n) is 11.3. The van der Waals surface area contributed by atoms with Gasteiger partial charge in [0.05, 0.1) is 32.0 Å². The zero-order valence-corrected chi connectivity index (χ0v) is 29.2. The number of piperidine rings is 1. The molecule has 3 aliphatic rings. The molecule has 1 aliphatic carbocycles. The third-order valence-corrected chi connectivity index (χ3v) is 7.78. The predicted molar refractivity (Wildman–Crippen MR) is 177 cm³/mol. The largest absolute Gasteiger partial charge is 0.383 e. The third-order valence-electron chi connectivity index (χ3n) is 7.78. The van der Waals surface area contributed by atoms with Crippen molar-refractivity contribution >= 4 is 5.91 Å². The van der Waals surface area contributed by atoms with Gasteiger partial charge in [-0.25, -0.2) is 0 Å². The fourth-order valence-corrected chi connectivity index (χ4v) is 5.64. The van der Waals surface area contributed by atoms with Gasteiger partial charge in [0.25, 0.3) is 0 Å². The molecule has 1 amide bonds. The standard InChI is InChI=1S/C27H53N5O4.3C2H6/c1-4-14-35-21-23(28)16-22(2)19-31-7-5-25(6-8-31)36-26-17-24(18-26)29-27(33)20-32-11-9-30(10-12-32)13-15-34-3;3*1-2/h22-26H,4-21,28H2,1-3H3,(H,29,33);3*1-2H3. The molecule has 3 N–H and O–H groups in total. The Morgan fingerprint density at radius 3 is 2.05 bits per heavy atom. The molecule has 2 unspecified atom stereocenters. The molecule has 9 heteroatoms. The minimum Gasteiger partial charge on any atom is -0.383 e. The average molecular weight is 602 g/mol. The highest BCUT2D eigenvalue weighted by Gasteiger charge is 2.34. The van der Waals surface area contributed by atoms with Crippen molar-refractivity contribution in [2.45, 2.75) is 118 Å². The normalized spacial score (nSPS) is 23.1. The summed E-state index contributed by atoms with van der Waals surface area (Å²) in [5.74, 6) is 0.737. The summed E-state index contributed by atoms with van der Waals surface area (Å²) in [4.78, 5) is 19.7. The van der Waals surface area contributed by atoms with Gasteiger partial charge < -0.3 is 30.2 Å². The number of likely N-dealkylation sites (tertiary alicyclic amines) is 1. The summed E-state index contributed by atoms with van der Waals surface area (Å²) in [6, 6.07) is 0.410. The molecule has 0 spiro atoms. The fraction of sp³-hybridized carbons (Fsp3) is 0.970. The van der Waals surface area contributed by atoms with Crippen molar-refractivity contribution in [2.24, 2.45) is 11.7 Å². The molecule has 2 saturated heterocycles. The summed E-state index contributed by atoms with van der Waals surface area (Å²) in [5, 5.41) is 3.21. The van der Waals surface area contributed by atoms with Crippen LogP contribution in [0.25, 0.3) is 0 Å². The van der Waals surface area contributed by atoms with Crippen LogP contribution in [-0.2, 0) is 19.0 Å². The van der Waals surface area contributed by atoms with Crippen molar-refractivity contribution < 1.29 is 19.0 Å². The van der Waals surface area contributed by atoms with Crippen LogP contribution in [0.5, 0.6) is 0 Å². The predicted octanol–water partition coefficient (Wildman–Crippen LogP) is 4.24. The molecular weight excluding hydrogens is 530 g/mol. The summed E-state index contributed by atoms with van der Waals surface area (Å²) in [5.41, 5.74) is 6.23. The highest BCUT2D eigenvalue weighted by molar-refractivity contribution is 5.78. The number of amides is 1. The smallest absolute Gasteiger partial charge is 0.234 e. The molecule has 3 rings (SSSR count). The summed E-state index contributed by atoms with van der Waals surface area (Å²) < 4.78 is 17.1. The van der Waals surface area contributed by atoms with Crippen molar-refractivity contribution in [3.8, 4) is 0 Å². The molecule has 42 heavy (non-hydrogen) atoms. The maximum Gasteiger partial charge on any atom is 0.234 e. The lowest BCUT2D eigenvalue weighted by Crippen LogP contribution is -2.54. The first-order chi connectivity index (χ1) is 20.4. The van der Waals surface area contributed by atoms with Gasteiger partial charge in [0.1, 0.15) is 0 Å². The van der Waals surface area contributed by atoms with E-state index in [0.717, 1.165) is 104 Å². The quantitative estimate of drug-likeness (QED) is 0.254. The lowest BCUT2D eigenvalue weighted by atomic mass is 9.88. The van der Waals surface area contributed by atoms with Crippen LogP contribution in [0.3, 0.4) is 0 Å². The molecule has 2 aliphatic heterocycles. The van der Waals surface area contributed by atoms with E-state index in [9.17, 15) is 4.79 Å². The molecule has 0 aromatic rings. The number of piperazine rings is 1. The molecule has 9 nitrogen and oxygen atoms in total. The number of methoxy groups -OCH3 is 1. The summed E-state index contributed by atoms with van der Waals surface area (Å²) in [7, 11) is 1.74. The molecule has 0 aromatic heterocycles. The number of hydrogen-bond acceptors (Lipinski definition) is 8. The van der Waals surface area contributed by atoms with Gasteiger partial charge in [-0.2, -0.15) is 0 Å². The summed E-state index contributed by atoms with van der Waals surface area (Å²) in [6.07, 6.45) is 6.82. The van der Waals surface area contributed by atoms with Crippen LogP contribution < -0.4 is 11.1 Å². The Morgan fingerprint density at radius 2 is 1.48 bits per heavy atom. The van der Waals surface area contributed by atoms with Crippen LogP contribution in [0.15, 0.2) is 0 Å². The lowest BCUT2D eigenvalue weighted by Gasteiger charge is -2.41. The van der Waals surface area contributed by atoms with Crippen LogP contribution in [0.1, 0.15) is 93.9 Å². The van der Waals surface area contributed by atoms with E-state index in [1.54, 1.807) is 7.11 Å². The minimum atomic E-state index is 0.135. The van der Waals surface area contributed by atoms with Crippen molar-refractivity contribution in [1.82, 2.24) is 20.0 Å². The van der Waals surface area contributed by atoms with Crippen LogP contribution in [0.2, 0.25) is 0 Å². The second-order valence-corrected chi connectivity index (χ2v) is 11.3. The number of nitrogens with zero attached hydrogens (tertiary/aromatic N) is 3. The van der Waals surface area contributed by atoms with Gasteiger partial charge in [0.15, 0.2) is 0 Å². The van der Waals surface area contributed by atoms with Gasteiger partial charge in [0.2, 0.25) is 5.91 Å². The van der Waals surface area contributed by atoms with E-state index in [0.29, 0.717) is 31.3 Å². The van der Waals surface area contributed by atoms with E-state index in [4.69, 9.17) is 19.9 Å². The third kappa shape index (κ3) is 18.1. The Morgan fingerprint density at radius 1 is 0.881 bits per heavy atom. The molecule has 0 radical (unpaired) electrons. The SMILES string of the molecule is CC.CC.CC.CCCOCC(N)CC(C)CN1CCC(OC2CC(NC(=O)CN3CCN(CCOC)CC3)C2)CC1. The van der Waals surface area contributed by atoms with E-state index in [1.165, 1.54) is 0 Å². The van der Waals surface area contributed by atoms with Crippen molar-refractivity contribution in [3.05, 3.63) is 0 Å². The molecule has 1 saturated carbocycles. The molecule has 0 bridgehead atoms. The molecule has 2 heterocycles. The van der Waals surface area contributed by atoms with Crippen molar-refractivity contribution in [1.29, 1.82) is 0 Å². The van der Waals surface area contributed by atoms with E-state index in [-0.39, 0.29) is 18.0 Å². The van der Waals surface area contributed by atoms with Gasteiger partial charge in [-0.05, 0) is 44.4 Å². The Bertz CT molecular complexity index is 607. The Hall–Kier alpha value is -0.810. The van der Waals surface area contributed by atoms with Gasteiger partial charge in [-0.15, -0.1) is 0 Å². The number of carbonyl (C=O) groups is 1. The topological polar surface area (TPSA) is 92.5 Å². The number of nitrogens with two attached hydrogens (primary N) is 1. The van der Waals surface area contributed by atoms with E-state index >= 15 is 0 Å². The first kappa shape index (κ1) is 41.2. The molecule has 2 atom stereocenters. The average Bonchev–Trinajstić information content (AvgIpc) is 2.99. The van der Waals surface area contributed by atoms with Crippen LogP contribution in [0.4, 0.5) is 0 Å². The van der Waals surface area contributed by atoms with E-state index in [2.05, 4.69) is 33.9 Å². The first-order valence-electron chi connectivity index (χ1n) is 17.4. The number of ether oxygens (including phenoxy) is 3. The van der Waals surface area contributed by atoms with Gasteiger partial charge in [-0.3, -0.25) is 14.6 Å². The van der Waals surface area contributed by atoms with Crippen molar-refractivity contribution in [2.75, 3.05) is 85.8 Å². The lowest BCUT2D eigenvalue weighted by molar-refractivity contribution is -0.127. The van der Waals surface area contributed by atoms with Crippen molar-refractivity contribution in [3.63, 3.8) is 0 Å². The molecule has 0 aromatic carbocycles. The summed E-state index contributed by atoms with van der Waals surface area (Å²) in [6.45, 7) is 27.4. The highest BCUT2D eigenvalue weighted by Crippen LogP contribution is 2.27. The second kappa shape index (κ2) is 26.6. The number of rotatable bonds is 16. The van der Waals surface area contributed by atoms with Crippen LogP contribution in [0, 0.1) is 5.92 Å². The number of hydrogen-bond donors (Lipinski definition) is 2. The van der Waals surface area contributed by atoms with E-state index < -0.39 is 0 Å². The Kier molecular flexibility index (Phi) is 26.1. The Balaban J connectivity index is 0.00000263. The molecule has 3 fully saturated rings. The van der Waals surface area contributed by atoms with Crippen LogP contribution in [-0.4, -0.2) is 131 Å². The molecular formula is C33H71N5O4. The van der Waals surface area contributed by atoms with E-state index in [1.807, 2.05) is 41.5 Å². The number of nitrogens with one attached hydrogen (secondary N) is 1. The Labute approximate surface area is 260 Å². The zero-order chi connectivity index (χ0) is 31.8. The molecule has 252 valence electrons. The minimum absolute atomic E-state index is 0.135. The van der Waals surface area contributed by atoms with Crippen LogP contribution >= 0.6 is 0 Å². The fourth-order valence-electron chi connectivity index (χ4n) is 5.64. The summed E-state index contributed by atoms with van der Waals surface area (Å²) >= 11 is 0. The monoisotopic (exact) mass is 602 g/mol. The van der Waals surface area contributed by atoms with Gasteiger partial charge >= 0.3 is 0 Å². The number of carbonyl (C=O) groups excluding carboxylic acids is 1. The maximum absolute atomic E-state index is 12.5. The van der Waals surface area contributed by atoms with Gasteiger partial charge in [0, 0.05) is 78.2 Å². The van der Waals surface area contributed by atoms with Gasteiger partial charge in [-0.1, -0.05) is 55.4 Å². The maximum atomic E-state index is 12.5. The highest BCUT2D eigenvalue weighted by atomic mass is 16.5. The first-order valence-corrected chi connectivity index (χ1v) is 17.4. The zero-order valence-electron chi connectivity index (χ0n) is 29.2.